The van der Waals surface area contributed by atoms with Gasteiger partial charge in [0.1, 0.15) is 24.1 Å². The highest BCUT2D eigenvalue weighted by atomic mass is 32.5. The second-order valence-corrected chi connectivity index (χ2v) is 12.6. The maximum absolute atomic E-state index is 15.6. The number of hydrogen-bond donors (Lipinski definition) is 6. The zero-order valence-electron chi connectivity index (χ0n) is 21.1. The Hall–Kier alpha value is -3.16. The Morgan fingerprint density at radius 3 is 2.66 bits per heavy atom. The molecular weight excluding hydrogens is 586 g/mol. The summed E-state index contributed by atoms with van der Waals surface area (Å²) in [5, 5.41) is 19.9. The van der Waals surface area contributed by atoms with Crippen LogP contribution in [0.4, 0.5) is 16.2 Å². The van der Waals surface area contributed by atoms with E-state index in [2.05, 4.69) is 29.9 Å². The summed E-state index contributed by atoms with van der Waals surface area (Å²) in [6.45, 7) is -5.00. The number of nitrogens with one attached hydrogen (secondary N) is 1. The average molecular weight is 613 g/mol. The third-order valence-corrected chi connectivity index (χ3v) is 9.04. The van der Waals surface area contributed by atoms with Gasteiger partial charge in [0.05, 0.1) is 25.9 Å². The van der Waals surface area contributed by atoms with Crippen molar-refractivity contribution < 1.29 is 33.3 Å². The number of H-pyrrole nitrogens is 1. The molecule has 0 amide bonds. The van der Waals surface area contributed by atoms with Crippen LogP contribution in [0.15, 0.2) is 23.8 Å². The van der Waals surface area contributed by atoms with E-state index in [0.29, 0.717) is 6.42 Å². The highest BCUT2D eigenvalue weighted by Gasteiger charge is 2.50. The molecule has 4 aromatic heterocycles. The predicted molar refractivity (Wildman–Crippen MR) is 143 cm³/mol. The first kappa shape index (κ1) is 28.0. The van der Waals surface area contributed by atoms with Gasteiger partial charge < -0.3 is 40.4 Å². The molecule has 1 saturated carbocycles. The minimum Gasteiger partial charge on any atom is -0.396 e. The van der Waals surface area contributed by atoms with Gasteiger partial charge in [0.2, 0.25) is 5.95 Å². The third-order valence-electron chi connectivity index (χ3n) is 7.48. The van der Waals surface area contributed by atoms with Crippen LogP contribution in [0.2, 0.25) is 0 Å². The maximum atomic E-state index is 15.6. The fourth-order valence-corrected chi connectivity index (χ4v) is 6.85. The largest absolute Gasteiger partial charge is 0.396 e. The van der Waals surface area contributed by atoms with Crippen LogP contribution in [0.5, 0.6) is 0 Å². The number of hydrogen-bond acceptors (Lipinski definition) is 14. The number of nitrogen functional groups attached to an aromatic ring is 2. The molecule has 8 N–H and O–H groups in total. The van der Waals surface area contributed by atoms with Gasteiger partial charge in [-0.05, 0) is 24.1 Å². The first-order valence-corrected chi connectivity index (χ1v) is 15.0. The maximum Gasteiger partial charge on any atom is 0.324 e. The Morgan fingerprint density at radius 2 is 1.90 bits per heavy atom. The Bertz CT molecular complexity index is 1700. The smallest absolute Gasteiger partial charge is 0.324 e. The van der Waals surface area contributed by atoms with Gasteiger partial charge in [-0.15, -0.1) is 0 Å². The topological polar surface area (TPSA) is 248 Å². The number of aromatic amines is 1. The van der Waals surface area contributed by atoms with Gasteiger partial charge in [-0.25, -0.2) is 24.3 Å². The van der Waals surface area contributed by atoms with E-state index in [1.807, 2.05) is 0 Å². The average Bonchev–Trinajstić information content (AvgIpc) is 3.60. The van der Waals surface area contributed by atoms with Crippen molar-refractivity contribution >= 4 is 52.6 Å². The van der Waals surface area contributed by atoms with Crippen molar-refractivity contribution in [2.75, 3.05) is 31.3 Å². The van der Waals surface area contributed by atoms with Crippen LogP contribution in [0.25, 0.3) is 22.3 Å². The number of aliphatic hydroxyl groups is 2. The molecule has 2 fully saturated rings. The number of ether oxygens (including phenoxy) is 1. The van der Waals surface area contributed by atoms with E-state index in [0.717, 1.165) is 0 Å². The van der Waals surface area contributed by atoms with E-state index in [-0.39, 0.29) is 65.2 Å². The normalized spacial score (nSPS) is 29.6. The van der Waals surface area contributed by atoms with E-state index in [1.54, 1.807) is 4.57 Å². The summed E-state index contributed by atoms with van der Waals surface area (Å²) in [6.07, 6.45) is -1.45. The standard InChI is InChI=1S/C21H26FN10O7PS/c22-12-15(11(3-34)38-20(12)32-7-27-13-16(23)25-5-26-17(13)32)39-40(36,41)37-4-8-1-10(9(8)2-33)31-6-28-14-18(31)29-21(24)30-19(14)35/h5-12,15,20,33-34H,1-4H2,(H,36,41)(H2,23,25,26)(H3,24,29,30,35)/t8-,9-,10-,11-,12-,15-,20-,40?/m1/s1. The first-order valence-electron chi connectivity index (χ1n) is 12.4. The zero-order valence-corrected chi connectivity index (χ0v) is 22.8. The summed E-state index contributed by atoms with van der Waals surface area (Å²) in [5.41, 5.74) is 11.9. The van der Waals surface area contributed by atoms with Crippen molar-refractivity contribution in [3.8, 4) is 0 Å². The van der Waals surface area contributed by atoms with Crippen LogP contribution >= 0.6 is 6.72 Å². The van der Waals surface area contributed by atoms with Gasteiger partial charge in [-0.2, -0.15) is 4.98 Å². The van der Waals surface area contributed by atoms with Crippen molar-refractivity contribution in [1.29, 1.82) is 0 Å². The number of aromatic nitrogens is 8. The Morgan fingerprint density at radius 1 is 1.15 bits per heavy atom. The predicted octanol–water partition coefficient (Wildman–Crippen LogP) is -0.860. The molecule has 17 nitrogen and oxygen atoms in total. The van der Waals surface area contributed by atoms with Crippen molar-refractivity contribution in [1.82, 2.24) is 39.0 Å². The second kappa shape index (κ2) is 10.6. The van der Waals surface area contributed by atoms with Gasteiger partial charge in [0.15, 0.2) is 35.0 Å². The number of nitrogens with zero attached hydrogens (tertiary/aromatic N) is 7. The number of anilines is 2. The van der Waals surface area contributed by atoms with Crippen LogP contribution < -0.4 is 17.0 Å². The van der Waals surface area contributed by atoms with E-state index < -0.39 is 43.5 Å². The number of alkyl halides is 1. The molecule has 5 heterocycles. The van der Waals surface area contributed by atoms with Crippen LogP contribution in [-0.4, -0.2) is 92.3 Å². The fraction of sp³-hybridized carbons (Fsp3) is 0.524. The fourth-order valence-electron chi connectivity index (χ4n) is 5.37. The lowest BCUT2D eigenvalue weighted by Crippen LogP contribution is -2.43. The van der Waals surface area contributed by atoms with E-state index in [1.165, 1.54) is 23.5 Å². The van der Waals surface area contributed by atoms with Crippen LogP contribution in [0, 0.1) is 11.8 Å². The molecule has 6 rings (SSSR count). The lowest BCUT2D eigenvalue weighted by Gasteiger charge is -2.44. The Kier molecular flexibility index (Phi) is 7.23. The highest BCUT2D eigenvalue weighted by molar-refractivity contribution is 8.07. The highest BCUT2D eigenvalue weighted by Crippen LogP contribution is 2.52. The summed E-state index contributed by atoms with van der Waals surface area (Å²) in [4.78, 5) is 45.6. The van der Waals surface area contributed by atoms with Crippen LogP contribution in [0.1, 0.15) is 18.7 Å². The molecule has 1 aliphatic carbocycles. The van der Waals surface area contributed by atoms with Crippen LogP contribution in [-0.2, 0) is 25.6 Å². The summed E-state index contributed by atoms with van der Waals surface area (Å²) in [7, 11) is 0. The van der Waals surface area contributed by atoms with Gasteiger partial charge >= 0.3 is 6.72 Å². The molecule has 0 aromatic carbocycles. The monoisotopic (exact) mass is 612 g/mol. The number of aliphatic hydroxyl groups excluding tert-OH is 2. The van der Waals surface area contributed by atoms with E-state index in [9.17, 15) is 19.9 Å². The second-order valence-electron chi connectivity index (χ2n) is 9.79. The summed E-state index contributed by atoms with van der Waals surface area (Å²) in [5.74, 6) is -0.578. The van der Waals surface area contributed by atoms with Gasteiger partial charge in [0, 0.05) is 18.6 Å². The summed E-state index contributed by atoms with van der Waals surface area (Å²) >= 11 is 5.16. The van der Waals surface area contributed by atoms with Crippen molar-refractivity contribution in [2.24, 2.45) is 11.8 Å². The molecular formula is C21H26FN10O7PS. The number of imidazole rings is 2. The molecule has 20 heteroatoms. The van der Waals surface area contributed by atoms with E-state index in [4.69, 9.17) is 37.1 Å². The van der Waals surface area contributed by atoms with Crippen molar-refractivity contribution in [3.05, 3.63) is 29.3 Å². The molecule has 0 spiro atoms. The number of rotatable bonds is 9. The molecule has 2 aliphatic rings. The van der Waals surface area contributed by atoms with E-state index >= 15 is 4.39 Å². The number of nitrogens with two attached hydrogens (primary N) is 2. The molecule has 220 valence electrons. The van der Waals surface area contributed by atoms with Crippen molar-refractivity contribution in [2.45, 2.75) is 37.1 Å². The minimum absolute atomic E-state index is 0.0637. The van der Waals surface area contributed by atoms with Gasteiger partial charge in [-0.1, -0.05) is 0 Å². The lowest BCUT2D eigenvalue weighted by atomic mass is 9.70. The molecule has 41 heavy (non-hydrogen) atoms. The lowest BCUT2D eigenvalue weighted by molar-refractivity contribution is -0.0461. The Balaban J connectivity index is 1.12. The number of fused-ring (bicyclic) bond motifs is 2. The first-order chi connectivity index (χ1) is 19.6. The molecule has 0 radical (unpaired) electrons. The summed E-state index contributed by atoms with van der Waals surface area (Å²) in [6, 6.07) is -0.273. The quantitative estimate of drug-likeness (QED) is 0.126. The summed E-state index contributed by atoms with van der Waals surface area (Å²) < 4.78 is 35.3. The molecule has 0 bridgehead atoms. The third kappa shape index (κ3) is 4.87. The van der Waals surface area contributed by atoms with Gasteiger partial charge in [-0.3, -0.25) is 18.9 Å². The Labute approximate surface area is 234 Å². The molecule has 1 saturated heterocycles. The van der Waals surface area contributed by atoms with Crippen LogP contribution in [0.3, 0.4) is 0 Å². The van der Waals surface area contributed by atoms with Gasteiger partial charge in [0.25, 0.3) is 5.56 Å². The minimum atomic E-state index is -4.03. The number of halogens is 1. The molecule has 8 atom stereocenters. The molecule has 4 aromatic rings. The zero-order chi connectivity index (χ0) is 29.1. The SMILES string of the molecule is Nc1nc2c(ncn2[C@@H]2C[C@H](COP(O)(=S)O[C@H]3[C@@H](F)[C@H](n4cnc5c(N)ncnc54)O[C@@H]3CO)[C@H]2CO)c(=O)[nH]1. The van der Waals surface area contributed by atoms with Crippen molar-refractivity contribution in [3.63, 3.8) is 0 Å². The molecule has 1 aliphatic heterocycles. The molecule has 1 unspecified atom stereocenters.